The molecule has 0 saturated heterocycles. The summed E-state index contributed by atoms with van der Waals surface area (Å²) in [7, 11) is 0. The maximum atomic E-state index is 11.9. The second kappa shape index (κ2) is 10.6. The van der Waals surface area contributed by atoms with Gasteiger partial charge in [0.15, 0.2) is 0 Å². The van der Waals surface area contributed by atoms with Gasteiger partial charge in [0.1, 0.15) is 0 Å². The minimum Gasteiger partial charge on any atom is -0.481 e. The van der Waals surface area contributed by atoms with E-state index in [1.165, 1.54) is 0 Å². The van der Waals surface area contributed by atoms with Crippen molar-refractivity contribution in [3.8, 4) is 0 Å². The number of carbonyl (C=O) groups is 2. The first-order chi connectivity index (χ1) is 10.6. The van der Waals surface area contributed by atoms with Crippen LogP contribution >= 0.6 is 0 Å². The number of aliphatic carboxylic acids is 1. The maximum Gasteiger partial charge on any atom is 0.309 e. The molecule has 0 aromatic carbocycles. The molecule has 7 heteroatoms. The lowest BCUT2D eigenvalue weighted by Crippen LogP contribution is -2.35. The molecule has 0 bridgehead atoms. The fourth-order valence-corrected chi connectivity index (χ4v) is 2.50. The summed E-state index contributed by atoms with van der Waals surface area (Å²) in [5, 5.41) is 12.0. The van der Waals surface area contributed by atoms with Crippen LogP contribution in [0.1, 0.15) is 40.5 Å². The number of rotatable bonds is 13. The van der Waals surface area contributed by atoms with Crippen molar-refractivity contribution >= 4 is 11.9 Å². The van der Waals surface area contributed by atoms with Crippen molar-refractivity contribution in [2.45, 2.75) is 40.5 Å². The topological polar surface area (TPSA) is 111 Å². The Balaban J connectivity index is 3.90. The van der Waals surface area contributed by atoms with E-state index in [0.29, 0.717) is 45.9 Å². The zero-order valence-corrected chi connectivity index (χ0v) is 14.8. The minimum absolute atomic E-state index is 0.0980. The normalized spacial score (nSPS) is 12.2. The van der Waals surface area contributed by atoms with Crippen molar-refractivity contribution in [1.29, 1.82) is 0 Å². The van der Waals surface area contributed by atoms with E-state index in [1.54, 1.807) is 13.8 Å². The van der Waals surface area contributed by atoms with Gasteiger partial charge in [-0.15, -0.1) is 0 Å². The Morgan fingerprint density at radius 1 is 1.04 bits per heavy atom. The predicted octanol–water partition coefficient (Wildman–Crippen LogP) is 1.01. The molecule has 23 heavy (non-hydrogen) atoms. The lowest BCUT2D eigenvalue weighted by atomic mass is 9.73. The molecule has 0 aromatic rings. The largest absolute Gasteiger partial charge is 0.481 e. The van der Waals surface area contributed by atoms with E-state index >= 15 is 0 Å². The fraction of sp³-hybridized carbons (Fsp3) is 0.875. The average molecular weight is 332 g/mol. The molecular weight excluding hydrogens is 300 g/mol. The van der Waals surface area contributed by atoms with E-state index in [2.05, 4.69) is 5.32 Å². The van der Waals surface area contributed by atoms with Crippen molar-refractivity contribution in [1.82, 2.24) is 5.32 Å². The molecule has 0 atom stereocenters. The number of carboxylic acid groups (broad SMARTS) is 1. The summed E-state index contributed by atoms with van der Waals surface area (Å²) in [6, 6.07) is 0. The number of amides is 1. The van der Waals surface area contributed by atoms with Gasteiger partial charge in [0.25, 0.3) is 0 Å². The monoisotopic (exact) mass is 332 g/mol. The van der Waals surface area contributed by atoms with Crippen LogP contribution in [-0.4, -0.2) is 56.5 Å². The van der Waals surface area contributed by atoms with Crippen LogP contribution in [0.25, 0.3) is 0 Å². The average Bonchev–Trinajstić information content (AvgIpc) is 2.39. The first-order valence-electron chi connectivity index (χ1n) is 7.96. The van der Waals surface area contributed by atoms with Crippen LogP contribution in [-0.2, 0) is 19.1 Å². The standard InChI is InChI=1S/C16H32N2O5/c1-15(2,12-16(3,4)14(20)21)11-13(19)18-6-8-23-10-9-22-7-5-17/h5-12,17H2,1-4H3,(H,18,19)(H,20,21). The van der Waals surface area contributed by atoms with Crippen molar-refractivity contribution in [2.75, 3.05) is 39.5 Å². The third-order valence-electron chi connectivity index (χ3n) is 3.34. The van der Waals surface area contributed by atoms with Gasteiger partial charge in [-0.05, 0) is 25.7 Å². The molecule has 0 saturated carbocycles. The van der Waals surface area contributed by atoms with Gasteiger partial charge in [-0.3, -0.25) is 9.59 Å². The Kier molecular flexibility index (Phi) is 10.0. The van der Waals surface area contributed by atoms with Crippen LogP contribution in [0.5, 0.6) is 0 Å². The van der Waals surface area contributed by atoms with Gasteiger partial charge in [0.05, 0.1) is 31.8 Å². The highest BCUT2D eigenvalue weighted by molar-refractivity contribution is 5.77. The SMILES string of the molecule is CC(C)(CC(=O)NCCOCCOCCN)CC(C)(C)C(=O)O. The molecule has 0 aliphatic rings. The first-order valence-corrected chi connectivity index (χ1v) is 7.96. The summed E-state index contributed by atoms with van der Waals surface area (Å²) in [5.41, 5.74) is 4.05. The molecule has 7 nitrogen and oxygen atoms in total. The van der Waals surface area contributed by atoms with Crippen molar-refractivity contribution in [3.63, 3.8) is 0 Å². The Hall–Kier alpha value is -1.18. The van der Waals surface area contributed by atoms with Gasteiger partial charge >= 0.3 is 5.97 Å². The molecule has 0 rings (SSSR count). The maximum absolute atomic E-state index is 11.9. The summed E-state index contributed by atoms with van der Waals surface area (Å²) in [6.07, 6.45) is 0.709. The number of nitrogens with two attached hydrogens (primary N) is 1. The van der Waals surface area contributed by atoms with E-state index in [1.807, 2.05) is 13.8 Å². The number of hydrogen-bond acceptors (Lipinski definition) is 5. The number of hydrogen-bond donors (Lipinski definition) is 3. The van der Waals surface area contributed by atoms with Crippen LogP contribution in [0.2, 0.25) is 0 Å². The number of nitrogens with one attached hydrogen (secondary N) is 1. The predicted molar refractivity (Wildman–Crippen MR) is 88.1 cm³/mol. The van der Waals surface area contributed by atoms with Crippen LogP contribution in [0, 0.1) is 10.8 Å². The molecule has 0 aromatic heterocycles. The van der Waals surface area contributed by atoms with Crippen molar-refractivity contribution < 1.29 is 24.2 Å². The van der Waals surface area contributed by atoms with E-state index < -0.39 is 11.4 Å². The zero-order valence-electron chi connectivity index (χ0n) is 14.8. The molecule has 0 radical (unpaired) electrons. The van der Waals surface area contributed by atoms with Gasteiger partial charge < -0.3 is 25.6 Å². The summed E-state index contributed by atoms with van der Waals surface area (Å²) in [5.74, 6) is -0.949. The first kappa shape index (κ1) is 21.8. The second-order valence-electron chi connectivity index (χ2n) is 7.07. The summed E-state index contributed by atoms with van der Waals surface area (Å²) >= 11 is 0. The van der Waals surface area contributed by atoms with E-state index in [0.717, 1.165) is 0 Å². The van der Waals surface area contributed by atoms with Gasteiger partial charge in [-0.25, -0.2) is 0 Å². The summed E-state index contributed by atoms with van der Waals surface area (Å²) < 4.78 is 10.5. The van der Waals surface area contributed by atoms with E-state index in [-0.39, 0.29) is 17.7 Å². The molecule has 4 N–H and O–H groups in total. The molecule has 0 aliphatic carbocycles. The van der Waals surface area contributed by atoms with Gasteiger partial charge in [0, 0.05) is 19.5 Å². The number of ether oxygens (including phenoxy) is 2. The summed E-state index contributed by atoms with van der Waals surface area (Å²) in [6.45, 7) is 9.96. The molecule has 1 amide bonds. The van der Waals surface area contributed by atoms with Gasteiger partial charge in [0.2, 0.25) is 5.91 Å². The molecule has 0 unspecified atom stereocenters. The highest BCUT2D eigenvalue weighted by Gasteiger charge is 2.35. The van der Waals surface area contributed by atoms with Crippen LogP contribution in [0.15, 0.2) is 0 Å². The number of carboxylic acids is 1. The number of carbonyl (C=O) groups excluding carboxylic acids is 1. The van der Waals surface area contributed by atoms with E-state index in [9.17, 15) is 14.7 Å². The highest BCUT2D eigenvalue weighted by atomic mass is 16.5. The Morgan fingerprint density at radius 3 is 2.13 bits per heavy atom. The quantitative estimate of drug-likeness (QED) is 0.434. The molecule has 0 spiro atoms. The third-order valence-corrected chi connectivity index (χ3v) is 3.34. The van der Waals surface area contributed by atoms with Gasteiger partial charge in [-0.1, -0.05) is 13.8 Å². The zero-order chi connectivity index (χ0) is 17.9. The fourth-order valence-electron chi connectivity index (χ4n) is 2.50. The molecular formula is C16H32N2O5. The Bertz CT molecular complexity index is 369. The highest BCUT2D eigenvalue weighted by Crippen LogP contribution is 2.36. The molecule has 0 heterocycles. The third kappa shape index (κ3) is 11.1. The van der Waals surface area contributed by atoms with Crippen molar-refractivity contribution in [2.24, 2.45) is 16.6 Å². The summed E-state index contributed by atoms with van der Waals surface area (Å²) in [4.78, 5) is 23.1. The van der Waals surface area contributed by atoms with Crippen LogP contribution in [0.3, 0.4) is 0 Å². The van der Waals surface area contributed by atoms with E-state index in [4.69, 9.17) is 15.2 Å². The smallest absolute Gasteiger partial charge is 0.309 e. The lowest BCUT2D eigenvalue weighted by Gasteiger charge is -2.31. The van der Waals surface area contributed by atoms with Crippen LogP contribution in [0.4, 0.5) is 0 Å². The molecule has 136 valence electrons. The molecule has 0 aliphatic heterocycles. The Labute approximate surface area is 138 Å². The lowest BCUT2D eigenvalue weighted by molar-refractivity contribution is -0.149. The van der Waals surface area contributed by atoms with Crippen molar-refractivity contribution in [3.05, 3.63) is 0 Å². The second-order valence-corrected chi connectivity index (χ2v) is 7.07. The van der Waals surface area contributed by atoms with Crippen LogP contribution < -0.4 is 11.1 Å². The van der Waals surface area contributed by atoms with Gasteiger partial charge in [-0.2, -0.15) is 0 Å². The Morgan fingerprint density at radius 2 is 1.61 bits per heavy atom. The minimum atomic E-state index is -0.851. The molecule has 0 fully saturated rings.